The van der Waals surface area contributed by atoms with Crippen LogP contribution < -0.4 is 10.5 Å². The average Bonchev–Trinajstić information content (AvgIpc) is 2.35. The molecule has 4 heteroatoms. The zero-order valence-electron chi connectivity index (χ0n) is 9.31. The third kappa shape index (κ3) is 3.17. The van der Waals surface area contributed by atoms with Gasteiger partial charge in [-0.15, -0.1) is 0 Å². The van der Waals surface area contributed by atoms with Gasteiger partial charge in [-0.25, -0.2) is 0 Å². The number of anilines is 1. The number of benzene rings is 2. The molecule has 0 bridgehead atoms. The summed E-state index contributed by atoms with van der Waals surface area (Å²) >= 11 is 5.06. The lowest BCUT2D eigenvalue weighted by atomic mass is 10.3. The van der Waals surface area contributed by atoms with Crippen LogP contribution in [-0.4, -0.2) is 7.11 Å². The molecule has 0 saturated carbocycles. The summed E-state index contributed by atoms with van der Waals surface area (Å²) in [5, 5.41) is 0. The van der Waals surface area contributed by atoms with Gasteiger partial charge in [0.25, 0.3) is 0 Å². The minimum Gasteiger partial charge on any atom is -0.497 e. The lowest BCUT2D eigenvalue weighted by Gasteiger charge is -2.05. The van der Waals surface area contributed by atoms with E-state index in [9.17, 15) is 0 Å². The topological polar surface area (TPSA) is 35.2 Å². The van der Waals surface area contributed by atoms with Crippen molar-refractivity contribution in [3.63, 3.8) is 0 Å². The second-order valence-corrected chi connectivity index (χ2v) is 5.46. The highest BCUT2D eigenvalue weighted by Gasteiger charge is 2.01. The Hall–Kier alpha value is -1.13. The lowest BCUT2D eigenvalue weighted by molar-refractivity contribution is 0.414. The van der Waals surface area contributed by atoms with Crippen molar-refractivity contribution in [1.82, 2.24) is 0 Å². The van der Waals surface area contributed by atoms with Gasteiger partial charge in [-0.2, -0.15) is 0 Å². The van der Waals surface area contributed by atoms with Gasteiger partial charge in [0.1, 0.15) is 5.75 Å². The fourth-order valence-electron chi connectivity index (χ4n) is 1.37. The second-order valence-electron chi connectivity index (χ2n) is 3.46. The van der Waals surface area contributed by atoms with Gasteiger partial charge in [0.05, 0.1) is 7.11 Å². The predicted molar refractivity (Wildman–Crippen MR) is 75.7 cm³/mol. The van der Waals surface area contributed by atoms with E-state index in [0.29, 0.717) is 0 Å². The molecule has 17 heavy (non-hydrogen) atoms. The molecule has 2 aromatic carbocycles. The van der Waals surface area contributed by atoms with Crippen LogP contribution in [0.3, 0.4) is 0 Å². The molecule has 0 unspecified atom stereocenters. The maximum absolute atomic E-state index is 5.84. The molecular weight excluding hydrogens is 298 g/mol. The number of ether oxygens (including phenoxy) is 1. The van der Waals surface area contributed by atoms with Gasteiger partial charge in [0.2, 0.25) is 0 Å². The van der Waals surface area contributed by atoms with Crippen molar-refractivity contribution in [2.75, 3.05) is 12.8 Å². The number of nitrogen functional groups attached to an aromatic ring is 1. The van der Waals surface area contributed by atoms with Gasteiger partial charge in [-0.05, 0) is 58.4 Å². The molecule has 2 aromatic rings. The molecule has 0 radical (unpaired) electrons. The highest BCUT2D eigenvalue weighted by molar-refractivity contribution is 9.10. The Bertz CT molecular complexity index is 513. The van der Waals surface area contributed by atoms with Gasteiger partial charge < -0.3 is 10.5 Å². The van der Waals surface area contributed by atoms with Crippen LogP contribution >= 0.6 is 27.7 Å². The first kappa shape index (κ1) is 12.3. The molecule has 0 heterocycles. The molecule has 0 aliphatic carbocycles. The van der Waals surface area contributed by atoms with Crippen molar-refractivity contribution in [1.29, 1.82) is 0 Å². The normalized spacial score (nSPS) is 10.2. The van der Waals surface area contributed by atoms with Gasteiger partial charge in [-0.3, -0.25) is 0 Å². The van der Waals surface area contributed by atoms with Gasteiger partial charge in [-0.1, -0.05) is 11.8 Å². The lowest BCUT2D eigenvalue weighted by Crippen LogP contribution is -1.86. The minimum atomic E-state index is 0.753. The summed E-state index contributed by atoms with van der Waals surface area (Å²) in [6.45, 7) is 0. The molecular formula is C13H12BrNOS. The first-order valence-corrected chi connectivity index (χ1v) is 6.67. The molecule has 0 spiro atoms. The Kier molecular flexibility index (Phi) is 3.97. The SMILES string of the molecule is COc1ccc(Sc2ccc(Br)c(N)c2)cc1. The summed E-state index contributed by atoms with van der Waals surface area (Å²) in [5.74, 6) is 0.865. The molecule has 0 aliphatic heterocycles. The van der Waals surface area contributed by atoms with Crippen molar-refractivity contribution in [2.24, 2.45) is 0 Å². The number of hydrogen-bond acceptors (Lipinski definition) is 3. The van der Waals surface area contributed by atoms with E-state index in [4.69, 9.17) is 10.5 Å². The fourth-order valence-corrected chi connectivity index (χ4v) is 2.48. The van der Waals surface area contributed by atoms with E-state index in [0.717, 1.165) is 25.7 Å². The fraction of sp³-hybridized carbons (Fsp3) is 0.0769. The molecule has 0 atom stereocenters. The monoisotopic (exact) mass is 309 g/mol. The summed E-state index contributed by atoms with van der Waals surface area (Å²) in [7, 11) is 1.66. The second kappa shape index (κ2) is 5.47. The number of hydrogen-bond donors (Lipinski definition) is 1. The minimum absolute atomic E-state index is 0.753. The van der Waals surface area contributed by atoms with E-state index in [1.165, 1.54) is 0 Å². The Morgan fingerprint density at radius 3 is 2.29 bits per heavy atom. The molecule has 2 nitrogen and oxygen atoms in total. The van der Waals surface area contributed by atoms with Crippen LogP contribution in [0.15, 0.2) is 56.7 Å². The van der Waals surface area contributed by atoms with Crippen molar-refractivity contribution in [3.05, 3.63) is 46.9 Å². The highest BCUT2D eigenvalue weighted by atomic mass is 79.9. The molecule has 88 valence electrons. The third-order valence-corrected chi connectivity index (χ3v) is 3.98. The Balaban J connectivity index is 2.16. The molecule has 0 aliphatic rings. The summed E-state index contributed by atoms with van der Waals surface area (Å²) in [4.78, 5) is 2.28. The summed E-state index contributed by atoms with van der Waals surface area (Å²) in [6.07, 6.45) is 0. The van der Waals surface area contributed by atoms with E-state index in [2.05, 4.69) is 15.9 Å². The molecule has 0 aromatic heterocycles. The standard InChI is InChI=1S/C13H12BrNOS/c1-16-9-2-4-10(5-3-9)17-11-6-7-12(14)13(15)8-11/h2-8H,15H2,1H3. The smallest absolute Gasteiger partial charge is 0.118 e. The van der Waals surface area contributed by atoms with E-state index >= 15 is 0 Å². The zero-order valence-corrected chi connectivity index (χ0v) is 11.7. The molecule has 0 saturated heterocycles. The maximum atomic E-state index is 5.84. The average molecular weight is 310 g/mol. The van der Waals surface area contributed by atoms with Crippen LogP contribution in [0.25, 0.3) is 0 Å². The van der Waals surface area contributed by atoms with Gasteiger partial charge >= 0.3 is 0 Å². The number of halogens is 1. The number of rotatable bonds is 3. The summed E-state index contributed by atoms with van der Waals surface area (Å²) in [6, 6.07) is 13.9. The van der Waals surface area contributed by atoms with Crippen LogP contribution in [0, 0.1) is 0 Å². The molecule has 0 amide bonds. The Morgan fingerprint density at radius 1 is 1.06 bits per heavy atom. The largest absolute Gasteiger partial charge is 0.497 e. The number of nitrogens with two attached hydrogens (primary N) is 1. The van der Waals surface area contributed by atoms with Crippen LogP contribution in [0.5, 0.6) is 5.75 Å². The summed E-state index contributed by atoms with van der Waals surface area (Å²) in [5.41, 5.74) is 6.59. The third-order valence-electron chi connectivity index (χ3n) is 2.26. The van der Waals surface area contributed by atoms with Gasteiger partial charge in [0, 0.05) is 20.0 Å². The van der Waals surface area contributed by atoms with E-state index < -0.39 is 0 Å². The Morgan fingerprint density at radius 2 is 1.71 bits per heavy atom. The van der Waals surface area contributed by atoms with Crippen molar-refractivity contribution >= 4 is 33.4 Å². The van der Waals surface area contributed by atoms with Crippen molar-refractivity contribution in [3.8, 4) is 5.75 Å². The number of methoxy groups -OCH3 is 1. The van der Waals surface area contributed by atoms with Crippen molar-refractivity contribution < 1.29 is 4.74 Å². The maximum Gasteiger partial charge on any atom is 0.118 e. The van der Waals surface area contributed by atoms with Gasteiger partial charge in [0.15, 0.2) is 0 Å². The first-order valence-electron chi connectivity index (χ1n) is 5.06. The molecule has 2 N–H and O–H groups in total. The molecule has 0 fully saturated rings. The van der Waals surface area contributed by atoms with Crippen LogP contribution in [0.2, 0.25) is 0 Å². The first-order chi connectivity index (χ1) is 8.19. The van der Waals surface area contributed by atoms with Crippen LogP contribution in [-0.2, 0) is 0 Å². The Labute approximate surface area is 113 Å². The molecule has 2 rings (SSSR count). The summed E-state index contributed by atoms with van der Waals surface area (Å²) < 4.78 is 6.05. The highest BCUT2D eigenvalue weighted by Crippen LogP contribution is 2.32. The van der Waals surface area contributed by atoms with E-state index in [1.807, 2.05) is 42.5 Å². The van der Waals surface area contributed by atoms with Crippen LogP contribution in [0.4, 0.5) is 5.69 Å². The van der Waals surface area contributed by atoms with Crippen molar-refractivity contribution in [2.45, 2.75) is 9.79 Å². The van der Waals surface area contributed by atoms with E-state index in [-0.39, 0.29) is 0 Å². The predicted octanol–water partition coefficient (Wildman–Crippen LogP) is 4.19. The van der Waals surface area contributed by atoms with E-state index in [1.54, 1.807) is 18.9 Å². The quantitative estimate of drug-likeness (QED) is 0.863. The zero-order chi connectivity index (χ0) is 12.3. The van der Waals surface area contributed by atoms with Crippen LogP contribution in [0.1, 0.15) is 0 Å².